The zero-order valence-corrected chi connectivity index (χ0v) is 9.20. The molecule has 0 spiro atoms. The Bertz CT molecular complexity index is 519. The van der Waals surface area contributed by atoms with Gasteiger partial charge in [0.1, 0.15) is 5.75 Å². The van der Waals surface area contributed by atoms with E-state index in [1.165, 1.54) is 16.9 Å². The number of carbonyl (C=O) groups is 1. The summed E-state index contributed by atoms with van der Waals surface area (Å²) in [5.74, 6) is 0.120. The molecule has 6 heteroatoms. The number of aromatic nitrogens is 3. The predicted octanol–water partition coefficient (Wildman–Crippen LogP) is 1.15. The van der Waals surface area contributed by atoms with E-state index in [2.05, 4.69) is 10.1 Å². The van der Waals surface area contributed by atoms with Crippen molar-refractivity contribution in [1.82, 2.24) is 14.8 Å². The number of aromatic hydroxyl groups is 1. The first-order valence-corrected chi connectivity index (χ1v) is 5.09. The molecular formula is C11H11N3O3. The van der Waals surface area contributed by atoms with Crippen LogP contribution >= 0.6 is 0 Å². The highest BCUT2D eigenvalue weighted by Gasteiger charge is 2.11. The summed E-state index contributed by atoms with van der Waals surface area (Å²) in [6.45, 7) is 2.04. The summed E-state index contributed by atoms with van der Waals surface area (Å²) in [5, 5.41) is 13.1. The maximum atomic E-state index is 11.4. The van der Waals surface area contributed by atoms with Crippen LogP contribution in [-0.4, -0.2) is 32.4 Å². The van der Waals surface area contributed by atoms with Crippen LogP contribution in [0.4, 0.5) is 0 Å². The molecule has 0 aliphatic carbocycles. The maximum Gasteiger partial charge on any atom is 0.358 e. The van der Waals surface area contributed by atoms with Gasteiger partial charge in [0.05, 0.1) is 12.8 Å². The lowest BCUT2D eigenvalue weighted by atomic mass is 10.4. The van der Waals surface area contributed by atoms with Crippen LogP contribution in [0.25, 0.3) is 5.82 Å². The van der Waals surface area contributed by atoms with Crippen LogP contribution in [0.5, 0.6) is 5.75 Å². The molecule has 0 aliphatic rings. The molecule has 2 rings (SSSR count). The smallest absolute Gasteiger partial charge is 0.358 e. The molecule has 0 bridgehead atoms. The highest BCUT2D eigenvalue weighted by Crippen LogP contribution is 2.10. The predicted molar refractivity (Wildman–Crippen MR) is 59.0 cm³/mol. The molecule has 0 saturated carbocycles. The van der Waals surface area contributed by atoms with Crippen LogP contribution < -0.4 is 0 Å². The molecule has 17 heavy (non-hydrogen) atoms. The largest absolute Gasteiger partial charge is 0.506 e. The molecule has 2 aromatic heterocycles. The second-order valence-electron chi connectivity index (χ2n) is 3.24. The number of hydrogen-bond acceptors (Lipinski definition) is 5. The van der Waals surface area contributed by atoms with Crippen LogP contribution in [0.15, 0.2) is 30.6 Å². The van der Waals surface area contributed by atoms with Gasteiger partial charge in [0.25, 0.3) is 0 Å². The average Bonchev–Trinajstić information content (AvgIpc) is 2.80. The van der Waals surface area contributed by atoms with Gasteiger partial charge >= 0.3 is 5.97 Å². The quantitative estimate of drug-likeness (QED) is 0.804. The number of carbonyl (C=O) groups excluding carboxylic acids is 1. The van der Waals surface area contributed by atoms with Crippen molar-refractivity contribution in [2.45, 2.75) is 6.92 Å². The first-order valence-electron chi connectivity index (χ1n) is 5.09. The van der Waals surface area contributed by atoms with E-state index < -0.39 is 5.97 Å². The van der Waals surface area contributed by atoms with Gasteiger partial charge in [-0.05, 0) is 25.1 Å². The van der Waals surface area contributed by atoms with Gasteiger partial charge in [0.2, 0.25) is 0 Å². The van der Waals surface area contributed by atoms with Crippen molar-refractivity contribution in [3.63, 3.8) is 0 Å². The Hall–Kier alpha value is -2.37. The standard InChI is InChI=1S/C11H11N3O3/c1-2-17-11(16)9-5-6-14(13-9)10-4-3-8(15)7-12-10/h3-7,15H,2H2,1H3. The number of pyridine rings is 1. The molecule has 0 saturated heterocycles. The summed E-state index contributed by atoms with van der Waals surface area (Å²) in [4.78, 5) is 15.4. The highest BCUT2D eigenvalue weighted by molar-refractivity contribution is 5.87. The molecule has 0 aliphatic heterocycles. The lowest BCUT2D eigenvalue weighted by Gasteiger charge is -2.00. The first-order chi connectivity index (χ1) is 8.20. The van der Waals surface area contributed by atoms with E-state index in [0.717, 1.165) is 0 Å². The lowest BCUT2D eigenvalue weighted by molar-refractivity contribution is 0.0519. The molecule has 0 fully saturated rings. The molecule has 6 nitrogen and oxygen atoms in total. The van der Waals surface area contributed by atoms with Crippen molar-refractivity contribution >= 4 is 5.97 Å². The third-order valence-electron chi connectivity index (χ3n) is 2.04. The Morgan fingerprint density at radius 3 is 2.94 bits per heavy atom. The molecular weight excluding hydrogens is 222 g/mol. The Morgan fingerprint density at radius 2 is 2.29 bits per heavy atom. The van der Waals surface area contributed by atoms with Crippen LogP contribution in [0, 0.1) is 0 Å². The number of rotatable bonds is 3. The molecule has 0 atom stereocenters. The second-order valence-corrected chi connectivity index (χ2v) is 3.24. The number of hydrogen-bond donors (Lipinski definition) is 1. The lowest BCUT2D eigenvalue weighted by Crippen LogP contribution is -2.07. The number of ether oxygens (including phenoxy) is 1. The van der Waals surface area contributed by atoms with E-state index in [1.54, 1.807) is 25.3 Å². The monoisotopic (exact) mass is 233 g/mol. The minimum Gasteiger partial charge on any atom is -0.506 e. The Labute approximate surface area is 97.5 Å². The zero-order chi connectivity index (χ0) is 12.3. The first kappa shape index (κ1) is 11.1. The van der Waals surface area contributed by atoms with E-state index >= 15 is 0 Å². The Kier molecular flexibility index (Phi) is 3.04. The SMILES string of the molecule is CCOC(=O)c1ccn(-c2ccc(O)cn2)n1. The summed E-state index contributed by atoms with van der Waals surface area (Å²) in [6.07, 6.45) is 2.91. The van der Waals surface area contributed by atoms with Gasteiger partial charge in [-0.3, -0.25) is 0 Å². The fourth-order valence-corrected chi connectivity index (χ4v) is 1.28. The van der Waals surface area contributed by atoms with Gasteiger partial charge in [-0.2, -0.15) is 5.10 Å². The fraction of sp³-hybridized carbons (Fsp3) is 0.182. The minimum absolute atomic E-state index is 0.0755. The van der Waals surface area contributed by atoms with Gasteiger partial charge in [-0.25, -0.2) is 14.5 Å². The van der Waals surface area contributed by atoms with Gasteiger partial charge in [0.15, 0.2) is 11.5 Å². The summed E-state index contributed by atoms with van der Waals surface area (Å²) in [6, 6.07) is 4.64. The average molecular weight is 233 g/mol. The number of nitrogens with zero attached hydrogens (tertiary/aromatic N) is 3. The van der Waals surface area contributed by atoms with Gasteiger partial charge in [-0.15, -0.1) is 0 Å². The minimum atomic E-state index is -0.468. The van der Waals surface area contributed by atoms with E-state index in [4.69, 9.17) is 9.84 Å². The molecule has 2 aromatic rings. The molecule has 0 radical (unpaired) electrons. The summed E-state index contributed by atoms with van der Waals surface area (Å²) < 4.78 is 6.26. The van der Waals surface area contributed by atoms with E-state index in [-0.39, 0.29) is 11.4 Å². The highest BCUT2D eigenvalue weighted by atomic mass is 16.5. The maximum absolute atomic E-state index is 11.4. The van der Waals surface area contributed by atoms with Crippen LogP contribution in [0.3, 0.4) is 0 Å². The second kappa shape index (κ2) is 4.65. The molecule has 88 valence electrons. The van der Waals surface area contributed by atoms with E-state index in [9.17, 15) is 4.79 Å². The van der Waals surface area contributed by atoms with Gasteiger partial charge < -0.3 is 9.84 Å². The van der Waals surface area contributed by atoms with Crippen LogP contribution in [0.1, 0.15) is 17.4 Å². The van der Waals surface area contributed by atoms with E-state index in [0.29, 0.717) is 12.4 Å². The molecule has 0 aromatic carbocycles. The van der Waals surface area contributed by atoms with Crippen molar-refractivity contribution in [2.24, 2.45) is 0 Å². The van der Waals surface area contributed by atoms with Gasteiger partial charge in [0, 0.05) is 6.20 Å². The topological polar surface area (TPSA) is 77.2 Å². The summed E-state index contributed by atoms with van der Waals surface area (Å²) in [5.41, 5.74) is 0.224. The number of esters is 1. The third-order valence-corrected chi connectivity index (χ3v) is 2.04. The van der Waals surface area contributed by atoms with Crippen molar-refractivity contribution in [1.29, 1.82) is 0 Å². The summed E-state index contributed by atoms with van der Waals surface area (Å²) in [7, 11) is 0. The third kappa shape index (κ3) is 2.41. The summed E-state index contributed by atoms with van der Waals surface area (Å²) >= 11 is 0. The molecule has 0 amide bonds. The van der Waals surface area contributed by atoms with Crippen molar-refractivity contribution in [3.8, 4) is 11.6 Å². The van der Waals surface area contributed by atoms with Crippen molar-refractivity contribution in [2.75, 3.05) is 6.61 Å². The normalized spacial score (nSPS) is 10.2. The van der Waals surface area contributed by atoms with Crippen molar-refractivity contribution < 1.29 is 14.6 Å². The van der Waals surface area contributed by atoms with Gasteiger partial charge in [-0.1, -0.05) is 0 Å². The van der Waals surface area contributed by atoms with Crippen LogP contribution in [0.2, 0.25) is 0 Å². The fourth-order valence-electron chi connectivity index (χ4n) is 1.28. The van der Waals surface area contributed by atoms with Crippen molar-refractivity contribution in [3.05, 3.63) is 36.3 Å². The zero-order valence-electron chi connectivity index (χ0n) is 9.20. The van der Waals surface area contributed by atoms with Crippen LogP contribution in [-0.2, 0) is 4.74 Å². The molecule has 2 heterocycles. The van der Waals surface area contributed by atoms with E-state index in [1.807, 2.05) is 0 Å². The molecule has 1 N–H and O–H groups in total. The Morgan fingerprint density at radius 1 is 1.47 bits per heavy atom. The molecule has 0 unspecified atom stereocenters. The Balaban J connectivity index is 2.23.